The minimum absolute atomic E-state index is 0.183. The lowest BCUT2D eigenvalue weighted by Crippen LogP contribution is -2.32. The van der Waals surface area contributed by atoms with Gasteiger partial charge in [-0.25, -0.2) is 4.79 Å². The van der Waals surface area contributed by atoms with E-state index in [1.54, 1.807) is 42.5 Å². The van der Waals surface area contributed by atoms with E-state index >= 15 is 0 Å². The van der Waals surface area contributed by atoms with Crippen LogP contribution in [0.1, 0.15) is 5.56 Å². The largest absolute Gasteiger partial charge is 0.493 e. The van der Waals surface area contributed by atoms with E-state index in [0.29, 0.717) is 28.0 Å². The minimum Gasteiger partial charge on any atom is -0.493 e. The molecule has 0 amide bonds. The molecule has 0 spiro atoms. The van der Waals surface area contributed by atoms with Crippen LogP contribution in [0.5, 0.6) is 11.5 Å². The maximum Gasteiger partial charge on any atom is 0.349 e. The fourth-order valence-corrected chi connectivity index (χ4v) is 2.43. The Morgan fingerprint density at radius 1 is 1.23 bits per heavy atom. The number of para-hydroxylation sites is 2. The molecular formula is C18H14N4O4. The molecule has 3 aromatic rings. The van der Waals surface area contributed by atoms with Gasteiger partial charge in [0.25, 0.3) is 5.56 Å². The van der Waals surface area contributed by atoms with Crippen LogP contribution in [0.25, 0.3) is 10.9 Å². The SMILES string of the molecule is COc1cccc(C=Nn2c(=O)[nH]c3ccccc3c2=O)c1OCC#N. The summed E-state index contributed by atoms with van der Waals surface area (Å²) in [6, 6.07) is 13.6. The highest BCUT2D eigenvalue weighted by Crippen LogP contribution is 2.29. The van der Waals surface area contributed by atoms with Gasteiger partial charge in [-0.2, -0.15) is 10.4 Å². The number of benzene rings is 2. The summed E-state index contributed by atoms with van der Waals surface area (Å²) in [5, 5.41) is 13.1. The van der Waals surface area contributed by atoms with Crippen LogP contribution in [0.3, 0.4) is 0 Å². The first-order chi connectivity index (χ1) is 12.7. The van der Waals surface area contributed by atoms with Crippen LogP contribution in [0, 0.1) is 11.3 Å². The van der Waals surface area contributed by atoms with Gasteiger partial charge in [0.15, 0.2) is 18.1 Å². The molecule has 0 saturated carbocycles. The van der Waals surface area contributed by atoms with Gasteiger partial charge in [0, 0.05) is 5.56 Å². The van der Waals surface area contributed by atoms with Crippen molar-refractivity contribution in [1.82, 2.24) is 9.66 Å². The van der Waals surface area contributed by atoms with Crippen molar-refractivity contribution in [1.29, 1.82) is 5.26 Å². The van der Waals surface area contributed by atoms with Crippen LogP contribution in [0.15, 0.2) is 57.2 Å². The second kappa shape index (κ2) is 7.36. The summed E-state index contributed by atoms with van der Waals surface area (Å²) >= 11 is 0. The Kier molecular flexibility index (Phi) is 4.80. The van der Waals surface area contributed by atoms with Crippen molar-refractivity contribution in [2.45, 2.75) is 0 Å². The van der Waals surface area contributed by atoms with Crippen molar-refractivity contribution in [2.75, 3.05) is 13.7 Å². The number of H-pyrrole nitrogens is 1. The predicted octanol–water partition coefficient (Wildman–Crippen LogP) is 1.48. The highest BCUT2D eigenvalue weighted by molar-refractivity contribution is 5.85. The molecule has 0 saturated heterocycles. The number of rotatable bonds is 5. The van der Waals surface area contributed by atoms with Gasteiger partial charge in [0.1, 0.15) is 6.07 Å². The Labute approximate surface area is 147 Å². The zero-order valence-corrected chi connectivity index (χ0v) is 13.8. The second-order valence-corrected chi connectivity index (χ2v) is 5.16. The van der Waals surface area contributed by atoms with Gasteiger partial charge in [0.2, 0.25) is 0 Å². The minimum atomic E-state index is -0.660. The van der Waals surface area contributed by atoms with Crippen LogP contribution in [-0.4, -0.2) is 29.6 Å². The summed E-state index contributed by atoms with van der Waals surface area (Å²) < 4.78 is 11.3. The number of fused-ring (bicyclic) bond motifs is 1. The smallest absolute Gasteiger partial charge is 0.349 e. The quantitative estimate of drug-likeness (QED) is 0.701. The lowest BCUT2D eigenvalue weighted by molar-refractivity contribution is 0.329. The molecule has 0 aliphatic heterocycles. The first kappa shape index (κ1) is 17.0. The lowest BCUT2D eigenvalue weighted by atomic mass is 10.2. The van der Waals surface area contributed by atoms with Crippen LogP contribution < -0.4 is 20.7 Å². The topological polar surface area (TPSA) is 109 Å². The molecular weight excluding hydrogens is 336 g/mol. The number of hydrogen-bond acceptors (Lipinski definition) is 6. The number of methoxy groups -OCH3 is 1. The maximum absolute atomic E-state index is 12.5. The van der Waals surface area contributed by atoms with E-state index in [2.05, 4.69) is 10.1 Å². The average molecular weight is 350 g/mol. The third-order valence-corrected chi connectivity index (χ3v) is 3.61. The number of nitrogens with zero attached hydrogens (tertiary/aromatic N) is 3. The molecule has 0 aliphatic carbocycles. The van der Waals surface area contributed by atoms with Gasteiger partial charge < -0.3 is 14.5 Å². The standard InChI is InChI=1S/C18H14N4O4/c1-25-15-8-4-5-12(16(15)26-10-9-19)11-20-22-17(23)13-6-2-3-7-14(13)21-18(22)24/h2-8,11H,10H2,1H3,(H,21,24). The number of aromatic amines is 1. The Morgan fingerprint density at radius 3 is 2.81 bits per heavy atom. The molecule has 26 heavy (non-hydrogen) atoms. The van der Waals surface area contributed by atoms with E-state index in [-0.39, 0.29) is 6.61 Å². The summed E-state index contributed by atoms with van der Waals surface area (Å²) in [7, 11) is 1.47. The highest BCUT2D eigenvalue weighted by atomic mass is 16.5. The fourth-order valence-electron chi connectivity index (χ4n) is 2.43. The molecule has 3 rings (SSSR count). The average Bonchev–Trinajstić information content (AvgIpc) is 2.66. The zero-order chi connectivity index (χ0) is 18.5. The van der Waals surface area contributed by atoms with Crippen LogP contribution in [0.4, 0.5) is 0 Å². The highest BCUT2D eigenvalue weighted by Gasteiger charge is 2.10. The van der Waals surface area contributed by atoms with E-state index in [1.165, 1.54) is 13.3 Å². The van der Waals surface area contributed by atoms with E-state index in [9.17, 15) is 9.59 Å². The number of ether oxygens (including phenoxy) is 2. The van der Waals surface area contributed by atoms with Crippen LogP contribution >= 0.6 is 0 Å². The lowest BCUT2D eigenvalue weighted by Gasteiger charge is -2.10. The third kappa shape index (κ3) is 3.18. The maximum atomic E-state index is 12.5. The van der Waals surface area contributed by atoms with Gasteiger partial charge in [-0.3, -0.25) is 4.79 Å². The predicted molar refractivity (Wildman–Crippen MR) is 95.9 cm³/mol. The molecule has 1 aromatic heterocycles. The third-order valence-electron chi connectivity index (χ3n) is 3.61. The number of aromatic nitrogens is 2. The fraction of sp³-hybridized carbons (Fsp3) is 0.111. The van der Waals surface area contributed by atoms with Gasteiger partial charge in [-0.15, -0.1) is 4.68 Å². The molecule has 0 bridgehead atoms. The summed E-state index contributed by atoms with van der Waals surface area (Å²) in [6.07, 6.45) is 1.31. The van der Waals surface area contributed by atoms with Gasteiger partial charge >= 0.3 is 5.69 Å². The summed E-state index contributed by atoms with van der Waals surface area (Å²) in [6.45, 7) is -0.183. The molecule has 0 radical (unpaired) electrons. The van der Waals surface area contributed by atoms with E-state index < -0.39 is 11.2 Å². The molecule has 8 heteroatoms. The molecule has 1 N–H and O–H groups in total. The van der Waals surface area contributed by atoms with Gasteiger partial charge in [0.05, 0.1) is 24.2 Å². The summed E-state index contributed by atoms with van der Waals surface area (Å²) in [5.41, 5.74) is -0.303. The molecule has 1 heterocycles. The molecule has 0 fully saturated rings. The zero-order valence-electron chi connectivity index (χ0n) is 13.8. The molecule has 0 atom stereocenters. The number of nitrogens with one attached hydrogen (secondary N) is 1. The van der Waals surface area contributed by atoms with Gasteiger partial charge in [-0.05, 0) is 24.3 Å². The van der Waals surface area contributed by atoms with Crippen molar-refractivity contribution in [2.24, 2.45) is 5.10 Å². The van der Waals surface area contributed by atoms with Crippen molar-refractivity contribution in [3.63, 3.8) is 0 Å². The monoisotopic (exact) mass is 350 g/mol. The van der Waals surface area contributed by atoms with Crippen molar-refractivity contribution in [3.8, 4) is 17.6 Å². The molecule has 2 aromatic carbocycles. The van der Waals surface area contributed by atoms with Crippen molar-refractivity contribution >= 4 is 17.1 Å². The Hall–Kier alpha value is -3.86. The number of nitriles is 1. The Balaban J connectivity index is 2.09. The Morgan fingerprint density at radius 2 is 2.04 bits per heavy atom. The molecule has 8 nitrogen and oxygen atoms in total. The molecule has 130 valence electrons. The second-order valence-electron chi connectivity index (χ2n) is 5.16. The van der Waals surface area contributed by atoms with E-state index in [4.69, 9.17) is 14.7 Å². The molecule has 0 unspecified atom stereocenters. The van der Waals surface area contributed by atoms with E-state index in [0.717, 1.165) is 4.68 Å². The van der Waals surface area contributed by atoms with Crippen molar-refractivity contribution < 1.29 is 9.47 Å². The van der Waals surface area contributed by atoms with Crippen LogP contribution in [0.2, 0.25) is 0 Å². The first-order valence-corrected chi connectivity index (χ1v) is 7.61. The van der Waals surface area contributed by atoms with Crippen molar-refractivity contribution in [3.05, 3.63) is 68.9 Å². The summed E-state index contributed by atoms with van der Waals surface area (Å²) in [4.78, 5) is 27.2. The normalized spacial score (nSPS) is 10.8. The van der Waals surface area contributed by atoms with E-state index in [1.807, 2.05) is 6.07 Å². The number of hydrogen-bond donors (Lipinski definition) is 1. The van der Waals surface area contributed by atoms with Gasteiger partial charge in [-0.1, -0.05) is 18.2 Å². The Bertz CT molecular complexity index is 1140. The first-order valence-electron chi connectivity index (χ1n) is 7.61. The summed E-state index contributed by atoms with van der Waals surface area (Å²) in [5.74, 6) is 0.703. The van der Waals surface area contributed by atoms with Crippen LogP contribution in [-0.2, 0) is 0 Å². The molecule has 0 aliphatic rings.